The van der Waals surface area contributed by atoms with Gasteiger partial charge in [0.15, 0.2) is 0 Å². The van der Waals surface area contributed by atoms with E-state index < -0.39 is 0 Å². The molecule has 0 fully saturated rings. The molecule has 0 unspecified atom stereocenters. The Morgan fingerprint density at radius 2 is 0.778 bits per heavy atom. The van der Waals surface area contributed by atoms with Crippen molar-refractivity contribution < 1.29 is 0 Å². The van der Waals surface area contributed by atoms with Crippen LogP contribution < -0.4 is 0 Å². The standard InChI is InChI=1S/C10H8S4Se4/c1-2-16-8-7(15-1)11-5(12-8)6-13-9-10(14-6)18-4-3-17-9/h1-4H2. The summed E-state index contributed by atoms with van der Waals surface area (Å²) in [6.45, 7) is 0. The molecule has 0 N–H and O–H groups in total. The molecule has 0 aromatic rings. The van der Waals surface area contributed by atoms with Gasteiger partial charge in [0, 0.05) is 0 Å². The summed E-state index contributed by atoms with van der Waals surface area (Å²) in [4.78, 5) is 0. The summed E-state index contributed by atoms with van der Waals surface area (Å²) in [5, 5.41) is 6.01. The van der Waals surface area contributed by atoms with Crippen LogP contribution in [0.3, 0.4) is 0 Å². The average molecular weight is 572 g/mol. The summed E-state index contributed by atoms with van der Waals surface area (Å²) in [5.41, 5.74) is 0. The summed E-state index contributed by atoms with van der Waals surface area (Å²) >= 11 is 11.8. The molecule has 18 heavy (non-hydrogen) atoms. The van der Waals surface area contributed by atoms with Gasteiger partial charge in [-0.15, -0.1) is 0 Å². The van der Waals surface area contributed by atoms with Gasteiger partial charge in [-0.3, -0.25) is 0 Å². The zero-order chi connectivity index (χ0) is 11.9. The van der Waals surface area contributed by atoms with Crippen LogP contribution >= 0.6 is 47.0 Å². The number of hydrogen-bond donors (Lipinski definition) is 0. The van der Waals surface area contributed by atoms with Crippen LogP contribution in [-0.4, -0.2) is 59.8 Å². The number of thioether (sulfide) groups is 4. The Hall–Kier alpha value is 2.70. The zero-order valence-corrected chi connectivity index (χ0v) is 19.2. The van der Waals surface area contributed by atoms with E-state index in [1.165, 1.54) is 21.3 Å². The zero-order valence-electron chi connectivity index (χ0n) is 9.09. The Bertz CT molecular complexity index is 412. The first-order chi connectivity index (χ1) is 8.90. The van der Waals surface area contributed by atoms with Gasteiger partial charge in [0.25, 0.3) is 0 Å². The molecule has 0 spiro atoms. The van der Waals surface area contributed by atoms with Crippen molar-refractivity contribution in [3.05, 3.63) is 23.7 Å². The van der Waals surface area contributed by atoms with Crippen LogP contribution in [0.5, 0.6) is 0 Å². The molecule has 0 nitrogen and oxygen atoms in total. The van der Waals surface area contributed by atoms with E-state index in [-0.39, 0.29) is 0 Å². The summed E-state index contributed by atoms with van der Waals surface area (Å²) in [7, 11) is 0. The van der Waals surface area contributed by atoms with Crippen molar-refractivity contribution in [2.75, 3.05) is 0 Å². The Balaban J connectivity index is 1.54. The van der Waals surface area contributed by atoms with Crippen molar-refractivity contribution in [1.29, 1.82) is 0 Å². The summed E-state index contributed by atoms with van der Waals surface area (Å²) in [6.07, 6.45) is 0. The quantitative estimate of drug-likeness (QED) is 0.405. The van der Waals surface area contributed by atoms with Crippen molar-refractivity contribution in [1.82, 2.24) is 0 Å². The van der Waals surface area contributed by atoms with E-state index in [0.29, 0.717) is 0 Å². The van der Waals surface area contributed by atoms with Gasteiger partial charge >= 0.3 is 152 Å². The second-order valence-corrected chi connectivity index (χ2v) is 19.7. The molecule has 4 aliphatic heterocycles. The van der Waals surface area contributed by atoms with Crippen LogP contribution in [0.4, 0.5) is 0 Å². The molecule has 4 rings (SSSR count). The number of rotatable bonds is 0. The topological polar surface area (TPSA) is 0 Å². The van der Waals surface area contributed by atoms with Gasteiger partial charge in [0.05, 0.1) is 0 Å². The van der Waals surface area contributed by atoms with E-state index in [2.05, 4.69) is 47.0 Å². The van der Waals surface area contributed by atoms with Crippen LogP contribution in [0.1, 0.15) is 0 Å². The van der Waals surface area contributed by atoms with Crippen LogP contribution in [0.2, 0.25) is 21.3 Å². The van der Waals surface area contributed by atoms with Crippen LogP contribution in [0, 0.1) is 0 Å². The monoisotopic (exact) mass is 576 g/mol. The molecule has 8 heteroatoms. The van der Waals surface area contributed by atoms with Crippen molar-refractivity contribution >= 4 is 107 Å². The van der Waals surface area contributed by atoms with Crippen molar-refractivity contribution in [2.24, 2.45) is 0 Å². The van der Waals surface area contributed by atoms with Gasteiger partial charge in [-0.05, 0) is 0 Å². The molecule has 96 valence electrons. The summed E-state index contributed by atoms with van der Waals surface area (Å²) in [6, 6.07) is 0. The van der Waals surface area contributed by atoms with Crippen molar-refractivity contribution in [3.63, 3.8) is 0 Å². The molecule has 0 saturated heterocycles. The van der Waals surface area contributed by atoms with Crippen LogP contribution in [0.25, 0.3) is 0 Å². The first kappa shape index (κ1) is 14.3. The molecule has 0 amide bonds. The third-order valence-corrected chi connectivity index (χ3v) is 24.2. The Morgan fingerprint density at radius 1 is 0.500 bits per heavy atom. The second-order valence-electron chi connectivity index (χ2n) is 3.53. The van der Waals surface area contributed by atoms with Crippen molar-refractivity contribution in [3.8, 4) is 0 Å². The first-order valence-corrected chi connectivity index (χ1v) is 16.9. The summed E-state index contributed by atoms with van der Waals surface area (Å²) < 4.78 is 10.5. The molecule has 0 saturated carbocycles. The Morgan fingerprint density at radius 3 is 1.06 bits per heavy atom. The van der Waals surface area contributed by atoms with E-state index >= 15 is 0 Å². The van der Waals surface area contributed by atoms with Gasteiger partial charge < -0.3 is 0 Å². The van der Waals surface area contributed by atoms with Crippen molar-refractivity contribution in [2.45, 2.75) is 21.3 Å². The van der Waals surface area contributed by atoms with Gasteiger partial charge in [-0.25, -0.2) is 0 Å². The predicted octanol–water partition coefficient (Wildman–Crippen LogP) is 3.84. The molecular weight excluding hydrogens is 564 g/mol. The molecule has 4 aliphatic rings. The fourth-order valence-electron chi connectivity index (χ4n) is 1.60. The molecular formula is C10H8S4Se4. The van der Waals surface area contributed by atoms with E-state index in [1.807, 2.05) is 0 Å². The Kier molecular flexibility index (Phi) is 5.12. The third kappa shape index (κ3) is 2.93. The molecule has 0 aromatic heterocycles. The minimum atomic E-state index is 0.810. The summed E-state index contributed by atoms with van der Waals surface area (Å²) in [5.74, 6) is 0. The van der Waals surface area contributed by atoms with E-state index in [0.717, 1.165) is 59.8 Å². The first-order valence-electron chi connectivity index (χ1n) is 5.35. The average Bonchev–Trinajstić information content (AvgIpc) is 3.02. The van der Waals surface area contributed by atoms with E-state index in [1.54, 1.807) is 23.7 Å². The SMILES string of the molecule is C1C[Se]C2=C(SC(=C3SC4=C(S3)[Se]CC[Se]4)S2)[Se]1. The van der Waals surface area contributed by atoms with E-state index in [4.69, 9.17) is 0 Å². The van der Waals surface area contributed by atoms with Gasteiger partial charge in [0.2, 0.25) is 0 Å². The molecule has 0 aliphatic carbocycles. The maximum atomic E-state index is 2.15. The maximum absolute atomic E-state index is 2.15. The molecule has 0 radical (unpaired) electrons. The van der Waals surface area contributed by atoms with Gasteiger partial charge in [-0.1, -0.05) is 0 Å². The molecule has 0 bridgehead atoms. The number of hydrogen-bond acceptors (Lipinski definition) is 4. The van der Waals surface area contributed by atoms with Gasteiger partial charge in [-0.2, -0.15) is 0 Å². The van der Waals surface area contributed by atoms with Crippen LogP contribution in [0.15, 0.2) is 23.7 Å². The fourth-order valence-corrected chi connectivity index (χ4v) is 24.5. The fraction of sp³-hybridized carbons (Fsp3) is 0.400. The van der Waals surface area contributed by atoms with Gasteiger partial charge in [0.1, 0.15) is 0 Å². The molecule has 4 heterocycles. The normalized spacial score (nSPS) is 28.0. The predicted molar refractivity (Wildman–Crippen MR) is 93.7 cm³/mol. The Labute approximate surface area is 150 Å². The van der Waals surface area contributed by atoms with E-state index in [9.17, 15) is 0 Å². The van der Waals surface area contributed by atoms with Crippen LogP contribution in [-0.2, 0) is 0 Å². The molecule has 0 atom stereocenters. The molecule has 0 aromatic carbocycles. The third-order valence-electron chi connectivity index (χ3n) is 2.34. The minimum absolute atomic E-state index is 0.810. The second kappa shape index (κ2) is 6.44.